The van der Waals surface area contributed by atoms with Gasteiger partial charge in [-0.1, -0.05) is 152 Å². The summed E-state index contributed by atoms with van der Waals surface area (Å²) >= 11 is 0. The van der Waals surface area contributed by atoms with Gasteiger partial charge in [0.2, 0.25) is 0 Å². The fraction of sp³-hybridized carbons (Fsp3) is 0.0164. The summed E-state index contributed by atoms with van der Waals surface area (Å²) in [5, 5.41) is 4.65. The number of rotatable bonds is 7. The van der Waals surface area contributed by atoms with Crippen molar-refractivity contribution in [2.75, 3.05) is 4.90 Å². The van der Waals surface area contributed by atoms with Crippen molar-refractivity contribution in [3.05, 3.63) is 271 Å². The molecule has 0 N–H and O–H groups in total. The van der Waals surface area contributed by atoms with Crippen molar-refractivity contribution in [1.29, 1.82) is 0 Å². The smallest absolute Gasteiger partial charge is 0.123 e. The quantitative estimate of drug-likeness (QED) is 0.156. The third kappa shape index (κ3) is 5.54. The van der Waals surface area contributed by atoms with E-state index in [0.29, 0.717) is 0 Å². The van der Waals surface area contributed by atoms with Crippen LogP contribution >= 0.6 is 0 Å². The van der Waals surface area contributed by atoms with Gasteiger partial charge in [-0.2, -0.15) is 0 Å². The molecule has 3 nitrogen and oxygen atoms in total. The van der Waals surface area contributed by atoms with Crippen LogP contribution in [0.2, 0.25) is 0 Å². The molecule has 2 aromatic heterocycles. The van der Waals surface area contributed by atoms with E-state index in [1.54, 1.807) is 0 Å². The molecular weight excluding hydrogens is 794 g/mol. The number of para-hydroxylation sites is 3. The Morgan fingerprint density at radius 3 is 1.51 bits per heavy atom. The first-order valence-corrected chi connectivity index (χ1v) is 22.2. The molecule has 0 atom stereocenters. The van der Waals surface area contributed by atoms with E-state index in [1.807, 2.05) is 12.1 Å². The molecular formula is C61H40FN3. The Bertz CT molecular complexity index is 3730. The van der Waals surface area contributed by atoms with Gasteiger partial charge in [-0.05, 0) is 124 Å². The summed E-state index contributed by atoms with van der Waals surface area (Å²) in [6, 6.07) is 86.4. The molecule has 12 aromatic rings. The molecule has 0 saturated heterocycles. The van der Waals surface area contributed by atoms with Gasteiger partial charge in [-0.3, -0.25) is 0 Å². The maximum absolute atomic E-state index is 14.3. The first kappa shape index (κ1) is 37.1. The summed E-state index contributed by atoms with van der Waals surface area (Å²) in [6.45, 7) is 0. The first-order chi connectivity index (χ1) is 32.2. The molecule has 0 bridgehead atoms. The van der Waals surface area contributed by atoms with E-state index in [9.17, 15) is 4.39 Å². The van der Waals surface area contributed by atoms with E-state index in [4.69, 9.17) is 0 Å². The molecule has 0 spiro atoms. The zero-order valence-electron chi connectivity index (χ0n) is 35.3. The normalized spacial score (nSPS) is 12.8. The zero-order chi connectivity index (χ0) is 43.1. The molecule has 13 rings (SSSR count). The summed E-state index contributed by atoms with van der Waals surface area (Å²) in [5.41, 5.74) is 16.5. The third-order valence-corrected chi connectivity index (χ3v) is 13.6. The number of fused-ring (bicyclic) bond motifs is 9. The molecule has 2 heterocycles. The highest BCUT2D eigenvalue weighted by Crippen LogP contribution is 2.57. The van der Waals surface area contributed by atoms with Gasteiger partial charge in [0.25, 0.3) is 0 Å². The van der Waals surface area contributed by atoms with Crippen molar-refractivity contribution in [3.8, 4) is 22.5 Å². The maximum atomic E-state index is 14.3. The molecule has 1 aliphatic carbocycles. The van der Waals surface area contributed by atoms with Crippen molar-refractivity contribution in [2.45, 2.75) is 5.41 Å². The van der Waals surface area contributed by atoms with E-state index < -0.39 is 5.41 Å². The Morgan fingerprint density at radius 1 is 0.323 bits per heavy atom. The summed E-state index contributed by atoms with van der Waals surface area (Å²) in [4.78, 5) is 2.43. The Morgan fingerprint density at radius 2 is 0.800 bits per heavy atom. The molecule has 0 unspecified atom stereocenters. The lowest BCUT2D eigenvalue weighted by Gasteiger charge is -2.35. The van der Waals surface area contributed by atoms with Gasteiger partial charge in [-0.15, -0.1) is 0 Å². The van der Waals surface area contributed by atoms with Crippen LogP contribution < -0.4 is 4.90 Å². The van der Waals surface area contributed by atoms with Crippen LogP contribution in [0, 0.1) is 5.82 Å². The van der Waals surface area contributed by atoms with E-state index in [0.717, 1.165) is 55.8 Å². The second-order valence-electron chi connectivity index (χ2n) is 17.0. The van der Waals surface area contributed by atoms with Crippen LogP contribution in [0.25, 0.3) is 66.1 Å². The van der Waals surface area contributed by atoms with Gasteiger partial charge in [0.1, 0.15) is 5.82 Å². The molecule has 1 aliphatic rings. The Balaban J connectivity index is 1.10. The van der Waals surface area contributed by atoms with Gasteiger partial charge in [0, 0.05) is 50.0 Å². The fourth-order valence-corrected chi connectivity index (χ4v) is 10.9. The number of hydrogen-bond acceptors (Lipinski definition) is 1. The standard InChI is InChI=1S/C61H40FN3/c62-43-28-30-45(31-29-43)64-58-27-15-12-24-52(58)54-38-46(34-37-59(54)64)63(48-33-36-53-51-23-11-14-26-57(51)65(60(53)40-48)44-20-8-3-9-21-44)47-32-35-50-49-22-10-13-25-55(49)61(56(50)39-47,41-16-4-1-5-17-41)42-18-6-2-7-19-42/h1-40H. The molecule has 306 valence electrons. The SMILES string of the molecule is Fc1ccc(-n2c3ccccc3c3cc(N(c4ccc5c(c4)C(c4ccccc4)(c4ccccc4)c4ccccc4-5)c4ccc5c6ccccc6n(-c6ccccc6)c5c4)ccc32)cc1. The van der Waals surface area contributed by atoms with E-state index in [-0.39, 0.29) is 5.82 Å². The van der Waals surface area contributed by atoms with Crippen molar-refractivity contribution in [2.24, 2.45) is 0 Å². The maximum Gasteiger partial charge on any atom is 0.123 e. The molecule has 4 heteroatoms. The van der Waals surface area contributed by atoms with Gasteiger partial charge in [-0.25, -0.2) is 4.39 Å². The fourth-order valence-electron chi connectivity index (χ4n) is 10.9. The minimum Gasteiger partial charge on any atom is -0.310 e. The first-order valence-electron chi connectivity index (χ1n) is 22.2. The van der Waals surface area contributed by atoms with Crippen LogP contribution in [0.4, 0.5) is 21.5 Å². The minimum atomic E-state index is -0.563. The highest BCUT2D eigenvalue weighted by atomic mass is 19.1. The van der Waals surface area contributed by atoms with Crippen LogP contribution in [0.1, 0.15) is 22.3 Å². The lowest BCUT2D eigenvalue weighted by Crippen LogP contribution is -2.28. The topological polar surface area (TPSA) is 13.1 Å². The Labute approximate surface area is 376 Å². The van der Waals surface area contributed by atoms with Crippen LogP contribution in [-0.4, -0.2) is 9.13 Å². The van der Waals surface area contributed by atoms with Crippen LogP contribution in [0.3, 0.4) is 0 Å². The van der Waals surface area contributed by atoms with E-state index >= 15 is 0 Å². The average Bonchev–Trinajstić information content (AvgIpc) is 3.99. The second kappa shape index (κ2) is 14.5. The van der Waals surface area contributed by atoms with Crippen molar-refractivity contribution >= 4 is 60.7 Å². The van der Waals surface area contributed by atoms with E-state index in [2.05, 4.69) is 232 Å². The minimum absolute atomic E-state index is 0.253. The highest BCUT2D eigenvalue weighted by Gasteiger charge is 2.46. The predicted octanol–water partition coefficient (Wildman–Crippen LogP) is 15.9. The van der Waals surface area contributed by atoms with Gasteiger partial charge >= 0.3 is 0 Å². The zero-order valence-corrected chi connectivity index (χ0v) is 35.3. The monoisotopic (exact) mass is 833 g/mol. The average molecular weight is 834 g/mol. The van der Waals surface area contributed by atoms with Crippen LogP contribution in [-0.2, 0) is 5.41 Å². The van der Waals surface area contributed by atoms with Crippen LogP contribution in [0.5, 0.6) is 0 Å². The number of halogens is 1. The Hall–Kier alpha value is -8.47. The highest BCUT2D eigenvalue weighted by molar-refractivity contribution is 6.12. The lowest BCUT2D eigenvalue weighted by molar-refractivity contribution is 0.627. The number of nitrogens with zero attached hydrogens (tertiary/aromatic N) is 3. The van der Waals surface area contributed by atoms with Gasteiger partial charge in [0.05, 0.1) is 27.5 Å². The molecule has 0 saturated carbocycles. The molecule has 10 aromatic carbocycles. The van der Waals surface area contributed by atoms with Crippen LogP contribution in [0.15, 0.2) is 243 Å². The summed E-state index contributed by atoms with van der Waals surface area (Å²) < 4.78 is 18.9. The lowest BCUT2D eigenvalue weighted by atomic mass is 9.67. The third-order valence-electron chi connectivity index (χ3n) is 13.6. The summed E-state index contributed by atoms with van der Waals surface area (Å²) in [5.74, 6) is -0.253. The molecule has 0 aliphatic heterocycles. The largest absolute Gasteiger partial charge is 0.310 e. The predicted molar refractivity (Wildman–Crippen MR) is 267 cm³/mol. The van der Waals surface area contributed by atoms with Crippen molar-refractivity contribution < 1.29 is 4.39 Å². The van der Waals surface area contributed by atoms with Gasteiger partial charge < -0.3 is 14.0 Å². The number of anilines is 3. The Kier molecular flexibility index (Phi) is 8.31. The molecule has 0 amide bonds. The van der Waals surface area contributed by atoms with Crippen molar-refractivity contribution in [3.63, 3.8) is 0 Å². The summed E-state index contributed by atoms with van der Waals surface area (Å²) in [6.07, 6.45) is 0. The van der Waals surface area contributed by atoms with Crippen molar-refractivity contribution in [1.82, 2.24) is 9.13 Å². The molecule has 0 fully saturated rings. The molecule has 0 radical (unpaired) electrons. The number of hydrogen-bond donors (Lipinski definition) is 0. The summed E-state index contributed by atoms with van der Waals surface area (Å²) in [7, 11) is 0. The second-order valence-corrected chi connectivity index (χ2v) is 17.0. The molecule has 65 heavy (non-hydrogen) atoms. The van der Waals surface area contributed by atoms with E-state index in [1.165, 1.54) is 61.8 Å². The number of aromatic nitrogens is 2. The number of benzene rings is 10. The van der Waals surface area contributed by atoms with Gasteiger partial charge in [0.15, 0.2) is 0 Å².